The van der Waals surface area contributed by atoms with Crippen molar-refractivity contribution in [3.05, 3.63) is 76.7 Å². The lowest BCUT2D eigenvalue weighted by Gasteiger charge is -2.28. The molecular weight excluding hydrogens is 532 g/mol. The summed E-state index contributed by atoms with van der Waals surface area (Å²) in [5.74, 6) is -1.13. The summed E-state index contributed by atoms with van der Waals surface area (Å²) in [4.78, 5) is 34.7. The molecule has 4 rings (SSSR count). The van der Waals surface area contributed by atoms with Crippen LogP contribution in [-0.4, -0.2) is 33.4 Å². The first-order chi connectivity index (χ1) is 19.1. The number of carbonyl (C=O) groups excluding carboxylic acids is 2. The predicted molar refractivity (Wildman–Crippen MR) is 149 cm³/mol. The van der Waals surface area contributed by atoms with Crippen LogP contribution in [0.4, 0.5) is 24.2 Å². The number of hydrogen-bond donors (Lipinski definition) is 0. The molecule has 2 aromatic heterocycles. The summed E-state index contributed by atoms with van der Waals surface area (Å²) in [6, 6.07) is 6.39. The Kier molecular flexibility index (Phi) is 8.33. The van der Waals surface area contributed by atoms with Crippen LogP contribution in [0.15, 0.2) is 42.9 Å². The molecule has 0 spiro atoms. The molecule has 8 nitrogen and oxygen atoms in total. The molecule has 1 aromatic carbocycles. The summed E-state index contributed by atoms with van der Waals surface area (Å²) < 4.78 is 47.2. The highest BCUT2D eigenvalue weighted by Crippen LogP contribution is 2.41. The van der Waals surface area contributed by atoms with E-state index in [2.05, 4.69) is 9.97 Å². The van der Waals surface area contributed by atoms with Crippen LogP contribution in [0.2, 0.25) is 0 Å². The molecule has 3 aromatic rings. The van der Waals surface area contributed by atoms with Gasteiger partial charge in [0, 0.05) is 18.8 Å². The fourth-order valence-electron chi connectivity index (χ4n) is 4.05. The van der Waals surface area contributed by atoms with Crippen molar-refractivity contribution in [3.8, 4) is 11.5 Å². The second kappa shape index (κ2) is 11.4. The van der Waals surface area contributed by atoms with Gasteiger partial charge in [0.05, 0.1) is 6.20 Å². The Morgan fingerprint density at radius 1 is 0.927 bits per heavy atom. The number of carbonyl (C=O) groups is 2. The minimum absolute atomic E-state index is 0.0248. The Morgan fingerprint density at radius 3 is 2.12 bits per heavy atom. The Hall–Kier alpha value is -4.08. The molecule has 0 N–H and O–H groups in total. The van der Waals surface area contributed by atoms with Gasteiger partial charge in [0.25, 0.3) is 0 Å². The Labute approximate surface area is 238 Å². The highest BCUT2D eigenvalue weighted by molar-refractivity contribution is 6.08. The van der Waals surface area contributed by atoms with E-state index in [1.807, 2.05) is 6.07 Å². The topological polar surface area (TPSA) is 90.9 Å². The second-order valence-electron chi connectivity index (χ2n) is 12.1. The number of pyridine rings is 2. The molecule has 0 unspecified atom stereocenters. The van der Waals surface area contributed by atoms with Crippen molar-refractivity contribution in [2.24, 2.45) is 0 Å². The van der Waals surface area contributed by atoms with E-state index >= 15 is 4.39 Å². The summed E-state index contributed by atoms with van der Waals surface area (Å²) in [6.45, 7) is 11.5. The number of hydrogen-bond acceptors (Lipinski definition) is 7. The quantitative estimate of drug-likeness (QED) is 0.298. The molecular formula is C31H35F2N3O5. The molecule has 0 radical (unpaired) electrons. The maximum absolute atomic E-state index is 15.9. The lowest BCUT2D eigenvalue weighted by atomic mass is 10.0. The van der Waals surface area contributed by atoms with Gasteiger partial charge < -0.3 is 14.2 Å². The van der Waals surface area contributed by atoms with E-state index in [0.29, 0.717) is 27.7 Å². The van der Waals surface area contributed by atoms with Crippen LogP contribution in [-0.2, 0) is 15.9 Å². The van der Waals surface area contributed by atoms with Crippen LogP contribution in [0.5, 0.6) is 11.5 Å². The number of halogens is 2. The van der Waals surface area contributed by atoms with E-state index in [-0.39, 0.29) is 17.7 Å². The van der Waals surface area contributed by atoms with Gasteiger partial charge in [0.1, 0.15) is 17.0 Å². The third kappa shape index (κ3) is 7.56. The van der Waals surface area contributed by atoms with E-state index in [9.17, 15) is 14.0 Å². The maximum Gasteiger partial charge on any atom is 0.425 e. The first kappa shape index (κ1) is 29.9. The molecule has 2 heterocycles. The van der Waals surface area contributed by atoms with Gasteiger partial charge in [0.2, 0.25) is 0 Å². The fraction of sp³-hybridized carbons (Fsp3) is 0.419. The monoisotopic (exact) mass is 567 g/mol. The van der Waals surface area contributed by atoms with Crippen molar-refractivity contribution in [3.63, 3.8) is 0 Å². The zero-order valence-corrected chi connectivity index (χ0v) is 24.4. The molecule has 1 aliphatic carbocycles. The summed E-state index contributed by atoms with van der Waals surface area (Å²) in [5.41, 5.74) is 0.371. The van der Waals surface area contributed by atoms with E-state index in [1.54, 1.807) is 60.7 Å². The average molecular weight is 568 g/mol. The molecule has 0 aliphatic heterocycles. The first-order valence-corrected chi connectivity index (χ1v) is 13.4. The zero-order chi connectivity index (χ0) is 30.1. The number of nitrogens with zero attached hydrogens (tertiary/aromatic N) is 3. The molecule has 41 heavy (non-hydrogen) atoms. The Morgan fingerprint density at radius 2 is 1.56 bits per heavy atom. The highest BCUT2D eigenvalue weighted by Gasteiger charge is 2.36. The van der Waals surface area contributed by atoms with E-state index in [4.69, 9.17) is 14.2 Å². The van der Waals surface area contributed by atoms with E-state index in [1.165, 1.54) is 24.5 Å². The number of ether oxygens (including phenoxy) is 3. The largest absolute Gasteiger partial charge is 0.452 e. The fourth-order valence-corrected chi connectivity index (χ4v) is 4.05. The number of rotatable bonds is 6. The predicted octanol–water partition coefficient (Wildman–Crippen LogP) is 8.00. The van der Waals surface area contributed by atoms with Crippen molar-refractivity contribution < 1.29 is 32.6 Å². The van der Waals surface area contributed by atoms with Gasteiger partial charge in [-0.3, -0.25) is 4.98 Å². The van der Waals surface area contributed by atoms with Gasteiger partial charge >= 0.3 is 12.2 Å². The minimum atomic E-state index is -1.13. The maximum atomic E-state index is 15.9. The number of imide groups is 1. The van der Waals surface area contributed by atoms with Crippen LogP contribution < -0.4 is 9.64 Å². The Bertz CT molecular complexity index is 1430. The van der Waals surface area contributed by atoms with Crippen LogP contribution in [0.3, 0.4) is 0 Å². The van der Waals surface area contributed by atoms with Gasteiger partial charge in [-0.1, -0.05) is 6.07 Å². The molecule has 10 heteroatoms. The van der Waals surface area contributed by atoms with Crippen molar-refractivity contribution in [1.82, 2.24) is 9.97 Å². The Balaban J connectivity index is 1.63. The molecule has 2 amide bonds. The average Bonchev–Trinajstić information content (AvgIpc) is 3.68. The van der Waals surface area contributed by atoms with Gasteiger partial charge in [-0.25, -0.2) is 23.4 Å². The molecule has 218 valence electrons. The zero-order valence-electron chi connectivity index (χ0n) is 24.4. The van der Waals surface area contributed by atoms with E-state index < -0.39 is 40.8 Å². The van der Waals surface area contributed by atoms with Gasteiger partial charge in [0.15, 0.2) is 23.2 Å². The summed E-state index contributed by atoms with van der Waals surface area (Å²) >= 11 is 0. The lowest BCUT2D eigenvalue weighted by Crippen LogP contribution is -2.44. The standard InChI is InChI=1S/C31H35F2N3O5/c1-18-22(16-34-17-25(18)39-24-11-10-20(15-23(24)32)19-8-9-19)14-21-12-13-35-27(26(21)33)36(28(37)40-30(2,3)4)29(38)41-31(5,6)7/h10-13,15-17,19H,8-9,14H2,1-7H3. The summed E-state index contributed by atoms with van der Waals surface area (Å²) in [7, 11) is 0. The van der Waals surface area contributed by atoms with Crippen molar-refractivity contribution >= 4 is 18.0 Å². The third-order valence-corrected chi connectivity index (χ3v) is 6.19. The smallest absolute Gasteiger partial charge is 0.425 e. The summed E-state index contributed by atoms with van der Waals surface area (Å²) in [5, 5.41) is 0. The normalized spacial score (nSPS) is 13.5. The molecule has 0 atom stereocenters. The summed E-state index contributed by atoms with van der Waals surface area (Å²) in [6.07, 6.45) is 4.20. The van der Waals surface area contributed by atoms with Crippen LogP contribution >= 0.6 is 0 Å². The lowest BCUT2D eigenvalue weighted by molar-refractivity contribution is 0.0427. The van der Waals surface area contributed by atoms with Crippen LogP contribution in [0, 0.1) is 18.6 Å². The minimum Gasteiger partial charge on any atom is -0.452 e. The molecule has 1 fully saturated rings. The molecule has 1 saturated carbocycles. The first-order valence-electron chi connectivity index (χ1n) is 13.4. The van der Waals surface area contributed by atoms with Gasteiger partial charge in [-0.05, 0) is 108 Å². The van der Waals surface area contributed by atoms with Crippen molar-refractivity contribution in [2.75, 3.05) is 4.90 Å². The number of amides is 2. The molecule has 1 aliphatic rings. The van der Waals surface area contributed by atoms with Crippen LogP contribution in [0.25, 0.3) is 0 Å². The van der Waals surface area contributed by atoms with Crippen molar-refractivity contribution in [2.45, 2.75) is 84.8 Å². The molecule has 0 bridgehead atoms. The van der Waals surface area contributed by atoms with Gasteiger partial charge in [-0.15, -0.1) is 0 Å². The van der Waals surface area contributed by atoms with Crippen molar-refractivity contribution in [1.29, 1.82) is 0 Å². The highest BCUT2D eigenvalue weighted by atomic mass is 19.1. The van der Waals surface area contributed by atoms with Crippen LogP contribution in [0.1, 0.15) is 82.6 Å². The number of benzene rings is 1. The second-order valence-corrected chi connectivity index (χ2v) is 12.1. The third-order valence-electron chi connectivity index (χ3n) is 6.19. The SMILES string of the molecule is Cc1c(Cc2ccnc(N(C(=O)OC(C)(C)C)C(=O)OC(C)(C)C)c2F)cncc1Oc1ccc(C2CC2)cc1F. The van der Waals surface area contributed by atoms with Gasteiger partial charge in [-0.2, -0.15) is 4.90 Å². The number of anilines is 1. The number of aromatic nitrogens is 2. The van der Waals surface area contributed by atoms with E-state index in [0.717, 1.165) is 18.4 Å². The molecule has 0 saturated heterocycles.